The first-order valence-electron chi connectivity index (χ1n) is 11.3. The molecule has 1 aromatic heterocycles. The Morgan fingerprint density at radius 1 is 0.800 bits per heavy atom. The number of thiazole rings is 1. The molecule has 3 heterocycles. The second-order valence-electron chi connectivity index (χ2n) is 8.68. The maximum atomic E-state index is 13.6. The zero-order valence-corrected chi connectivity index (χ0v) is 20.1. The average Bonchev–Trinajstić information content (AvgIpc) is 3.29. The number of rotatable bonds is 3. The summed E-state index contributed by atoms with van der Waals surface area (Å²) in [5, 5.41) is 0. The summed E-state index contributed by atoms with van der Waals surface area (Å²) in [6.07, 6.45) is 1.87. The van der Waals surface area contributed by atoms with Crippen LogP contribution in [0, 0.1) is 0 Å². The SMILES string of the molecule is CN1C(=O)N(C)[C@@]2(c3ccccc3)Nn3c(s/c(=C\c4ccccc4)c3=O)=N[C@]12c1ccccc1. The second-order valence-corrected chi connectivity index (χ2v) is 9.69. The number of amides is 2. The standard InChI is InChI=1S/C27H23N5O2S/c1-30-25(34)31(2)27(21-16-10-5-11-17-21)26(30,20-14-8-4-9-15-20)28-24-32(29-27)23(33)22(35-24)18-19-12-6-3-7-13-19/h3-18,29H,1-2H3/b22-18-/t26-,27-/m1/s1. The van der Waals surface area contributed by atoms with Gasteiger partial charge in [-0.15, -0.1) is 0 Å². The summed E-state index contributed by atoms with van der Waals surface area (Å²) in [6.45, 7) is 0. The van der Waals surface area contributed by atoms with Gasteiger partial charge in [-0.05, 0) is 11.6 Å². The molecule has 6 rings (SSSR count). The smallest absolute Gasteiger partial charge is 0.295 e. The molecule has 4 aromatic rings. The lowest BCUT2D eigenvalue weighted by atomic mass is 9.80. The summed E-state index contributed by atoms with van der Waals surface area (Å²) in [6, 6.07) is 29.0. The van der Waals surface area contributed by atoms with E-state index in [2.05, 4.69) is 5.43 Å². The van der Waals surface area contributed by atoms with Crippen molar-refractivity contribution in [3.8, 4) is 0 Å². The highest BCUT2D eigenvalue weighted by Crippen LogP contribution is 2.53. The summed E-state index contributed by atoms with van der Waals surface area (Å²) >= 11 is 1.31. The number of carbonyl (C=O) groups is 1. The van der Waals surface area contributed by atoms with Crippen molar-refractivity contribution in [1.82, 2.24) is 14.5 Å². The van der Waals surface area contributed by atoms with Gasteiger partial charge in [0.05, 0.1) is 4.53 Å². The lowest BCUT2D eigenvalue weighted by Crippen LogP contribution is -2.67. The number of benzene rings is 3. The van der Waals surface area contributed by atoms with Gasteiger partial charge in [0.2, 0.25) is 16.1 Å². The number of aromatic nitrogens is 1. The summed E-state index contributed by atoms with van der Waals surface area (Å²) in [5.41, 5.74) is 3.56. The van der Waals surface area contributed by atoms with Crippen LogP contribution in [-0.2, 0) is 11.3 Å². The van der Waals surface area contributed by atoms with Gasteiger partial charge < -0.3 is 0 Å². The summed E-state index contributed by atoms with van der Waals surface area (Å²) in [7, 11) is 3.51. The molecule has 1 fully saturated rings. The monoisotopic (exact) mass is 481 g/mol. The number of likely N-dealkylation sites (N-methyl/N-ethyl adjacent to an activating group) is 2. The molecule has 35 heavy (non-hydrogen) atoms. The summed E-state index contributed by atoms with van der Waals surface area (Å²) in [4.78, 5) is 36.2. The van der Waals surface area contributed by atoms with Gasteiger partial charge in [-0.25, -0.2) is 9.79 Å². The van der Waals surface area contributed by atoms with Crippen molar-refractivity contribution in [1.29, 1.82) is 0 Å². The Hall–Kier alpha value is -4.17. The molecule has 2 atom stereocenters. The van der Waals surface area contributed by atoms with E-state index < -0.39 is 11.3 Å². The molecule has 7 nitrogen and oxygen atoms in total. The van der Waals surface area contributed by atoms with E-state index in [1.54, 1.807) is 23.9 Å². The number of fused-ring (bicyclic) bond motifs is 2. The molecular weight excluding hydrogens is 458 g/mol. The fourth-order valence-corrected chi connectivity index (χ4v) is 6.18. The number of hydrogen-bond acceptors (Lipinski definition) is 5. The van der Waals surface area contributed by atoms with E-state index >= 15 is 0 Å². The van der Waals surface area contributed by atoms with Crippen LogP contribution in [0.1, 0.15) is 16.7 Å². The molecule has 0 spiro atoms. The van der Waals surface area contributed by atoms with Crippen molar-refractivity contribution >= 4 is 23.4 Å². The molecule has 3 aromatic carbocycles. The van der Waals surface area contributed by atoms with Crippen molar-refractivity contribution in [3.63, 3.8) is 0 Å². The van der Waals surface area contributed by atoms with Crippen LogP contribution < -0.4 is 20.3 Å². The van der Waals surface area contributed by atoms with Crippen molar-refractivity contribution in [2.45, 2.75) is 11.3 Å². The fraction of sp³-hybridized carbons (Fsp3) is 0.148. The molecule has 0 aliphatic carbocycles. The van der Waals surface area contributed by atoms with Gasteiger partial charge in [0.25, 0.3) is 5.56 Å². The zero-order valence-electron chi connectivity index (χ0n) is 19.3. The minimum absolute atomic E-state index is 0.201. The van der Waals surface area contributed by atoms with E-state index in [9.17, 15) is 9.59 Å². The van der Waals surface area contributed by atoms with E-state index in [1.807, 2.05) is 97.1 Å². The average molecular weight is 482 g/mol. The molecular formula is C27H23N5O2S. The third kappa shape index (κ3) is 2.80. The number of nitrogens with one attached hydrogen (secondary N) is 1. The predicted octanol–water partition coefficient (Wildman–Crippen LogP) is 2.62. The lowest BCUT2D eigenvalue weighted by Gasteiger charge is -2.49. The highest BCUT2D eigenvalue weighted by molar-refractivity contribution is 7.07. The molecule has 1 saturated heterocycles. The summed E-state index contributed by atoms with van der Waals surface area (Å²) < 4.78 is 2.04. The third-order valence-electron chi connectivity index (χ3n) is 6.87. The Labute approximate surface area is 205 Å². The van der Waals surface area contributed by atoms with Crippen molar-refractivity contribution < 1.29 is 4.79 Å². The predicted molar refractivity (Wildman–Crippen MR) is 136 cm³/mol. The largest absolute Gasteiger partial charge is 0.324 e. The van der Waals surface area contributed by atoms with Crippen LogP contribution in [0.4, 0.5) is 4.79 Å². The molecule has 2 aliphatic rings. The molecule has 2 aliphatic heterocycles. The van der Waals surface area contributed by atoms with Gasteiger partial charge in [-0.1, -0.05) is 102 Å². The van der Waals surface area contributed by atoms with Gasteiger partial charge in [-0.3, -0.25) is 20.0 Å². The van der Waals surface area contributed by atoms with Crippen molar-refractivity contribution in [3.05, 3.63) is 127 Å². The highest BCUT2D eigenvalue weighted by atomic mass is 32.1. The Morgan fingerprint density at radius 2 is 1.37 bits per heavy atom. The van der Waals surface area contributed by atoms with Crippen molar-refractivity contribution in [2.75, 3.05) is 19.5 Å². The summed E-state index contributed by atoms with van der Waals surface area (Å²) in [5.74, 6) is 0. The first-order chi connectivity index (χ1) is 17.0. The molecule has 0 radical (unpaired) electrons. The zero-order chi connectivity index (χ0) is 24.2. The van der Waals surface area contributed by atoms with Crippen LogP contribution in [0.15, 0.2) is 101 Å². The number of urea groups is 1. The lowest BCUT2D eigenvalue weighted by molar-refractivity contribution is 0.0648. The van der Waals surface area contributed by atoms with Gasteiger partial charge in [0.15, 0.2) is 0 Å². The Morgan fingerprint density at radius 3 is 2.00 bits per heavy atom. The molecule has 0 bridgehead atoms. The van der Waals surface area contributed by atoms with Gasteiger partial charge in [-0.2, -0.15) is 4.68 Å². The Balaban J connectivity index is 1.72. The first kappa shape index (κ1) is 21.4. The fourth-order valence-electron chi connectivity index (χ4n) is 5.22. The first-order valence-corrected chi connectivity index (χ1v) is 12.1. The topological polar surface area (TPSA) is 69.9 Å². The number of carbonyl (C=O) groups excluding carboxylic acids is 1. The van der Waals surface area contributed by atoms with E-state index in [0.29, 0.717) is 9.33 Å². The van der Waals surface area contributed by atoms with Gasteiger partial charge >= 0.3 is 6.03 Å². The number of hydrogen-bond donors (Lipinski definition) is 1. The highest BCUT2D eigenvalue weighted by Gasteiger charge is 2.69. The third-order valence-corrected chi connectivity index (χ3v) is 7.84. The van der Waals surface area contributed by atoms with Gasteiger partial charge in [0, 0.05) is 25.2 Å². The maximum absolute atomic E-state index is 13.6. The molecule has 174 valence electrons. The van der Waals surface area contributed by atoms with Crippen LogP contribution in [-0.4, -0.2) is 34.6 Å². The minimum atomic E-state index is -1.16. The van der Waals surface area contributed by atoms with Gasteiger partial charge in [0.1, 0.15) is 0 Å². The quantitative estimate of drug-likeness (QED) is 0.489. The minimum Gasteiger partial charge on any atom is -0.295 e. The van der Waals surface area contributed by atoms with Crippen LogP contribution in [0.5, 0.6) is 0 Å². The Kier molecular flexibility index (Phi) is 4.69. The van der Waals surface area contributed by atoms with Crippen molar-refractivity contribution in [2.24, 2.45) is 4.99 Å². The van der Waals surface area contributed by atoms with Crippen LogP contribution in [0.3, 0.4) is 0 Å². The normalized spacial score (nSPS) is 23.5. The molecule has 8 heteroatoms. The molecule has 2 amide bonds. The van der Waals surface area contributed by atoms with E-state index in [4.69, 9.17) is 4.99 Å². The number of nitrogens with zero attached hydrogens (tertiary/aromatic N) is 4. The van der Waals surface area contributed by atoms with Crippen LogP contribution >= 0.6 is 11.3 Å². The molecule has 0 saturated carbocycles. The van der Waals surface area contributed by atoms with Crippen LogP contribution in [0.25, 0.3) is 6.08 Å². The molecule has 1 N–H and O–H groups in total. The Bertz CT molecular complexity index is 1600. The van der Waals surface area contributed by atoms with E-state index in [0.717, 1.165) is 16.7 Å². The maximum Gasteiger partial charge on any atom is 0.324 e. The van der Waals surface area contributed by atoms with E-state index in [1.165, 1.54) is 16.0 Å². The molecule has 0 unspecified atom stereocenters. The van der Waals surface area contributed by atoms with Crippen LogP contribution in [0.2, 0.25) is 0 Å². The second kappa shape index (κ2) is 7.68. The van der Waals surface area contributed by atoms with E-state index in [-0.39, 0.29) is 11.6 Å².